The van der Waals surface area contributed by atoms with Crippen molar-refractivity contribution in [3.63, 3.8) is 0 Å². The van der Waals surface area contributed by atoms with Gasteiger partial charge in [0.2, 0.25) is 11.5 Å². The van der Waals surface area contributed by atoms with Crippen molar-refractivity contribution in [1.29, 1.82) is 0 Å². The summed E-state index contributed by atoms with van der Waals surface area (Å²) in [6, 6.07) is 31.5. The topological polar surface area (TPSA) is 128 Å². The molecule has 4 aromatic carbocycles. The molecule has 1 aliphatic rings. The highest BCUT2D eigenvalue weighted by Crippen LogP contribution is 2.42. The zero-order valence-electron chi connectivity index (χ0n) is 25.4. The van der Waals surface area contributed by atoms with E-state index in [0.717, 1.165) is 45.6 Å². The second kappa shape index (κ2) is 14.6. The first-order valence-electron chi connectivity index (χ1n) is 14.9. The van der Waals surface area contributed by atoms with Crippen molar-refractivity contribution in [2.45, 2.75) is 19.9 Å². The smallest absolute Gasteiger partial charge is 0.374 e. The summed E-state index contributed by atoms with van der Waals surface area (Å²) < 4.78 is 53.8. The van der Waals surface area contributed by atoms with E-state index >= 15 is 0 Å². The lowest BCUT2D eigenvalue weighted by Gasteiger charge is -2.19. The zero-order chi connectivity index (χ0) is 32.8. The average Bonchev–Trinajstić information content (AvgIpc) is 3.61. The van der Waals surface area contributed by atoms with Crippen molar-refractivity contribution in [2.75, 3.05) is 23.0 Å². The molecule has 0 saturated heterocycles. The number of oxazole rings is 1. The minimum Gasteiger partial charge on any atom is -0.748 e. The summed E-state index contributed by atoms with van der Waals surface area (Å²) in [7, 11) is -4.49. The Bertz CT molecular complexity index is 2030. The fraction of sp³-hybridized carbons (Fsp3) is 0.171. The summed E-state index contributed by atoms with van der Waals surface area (Å²) in [6.45, 7) is 2.35. The van der Waals surface area contributed by atoms with Gasteiger partial charge < -0.3 is 23.9 Å². The van der Waals surface area contributed by atoms with Crippen molar-refractivity contribution in [2.24, 2.45) is 0 Å². The normalized spacial score (nSPS) is 14.1. The lowest BCUT2D eigenvalue weighted by atomic mass is 10.0. The number of aryl methyl sites for hydroxylation is 1. The molecule has 0 fully saturated rings. The van der Waals surface area contributed by atoms with E-state index < -0.39 is 15.9 Å². The third kappa shape index (κ3) is 7.76. The van der Waals surface area contributed by atoms with Gasteiger partial charge in [-0.3, -0.25) is 5.04 Å². The first-order valence-corrected chi connectivity index (χ1v) is 17.4. The van der Waals surface area contributed by atoms with Crippen LogP contribution in [-0.2, 0) is 26.0 Å². The van der Waals surface area contributed by atoms with Crippen LogP contribution in [0.2, 0.25) is 0 Å². The monoisotopic (exact) mass is 671 g/mol. The number of anilines is 1. The van der Waals surface area contributed by atoms with Crippen molar-refractivity contribution < 1.29 is 41.3 Å². The molecule has 242 valence electrons. The molecule has 47 heavy (non-hydrogen) atoms. The first kappa shape index (κ1) is 32.5. The van der Waals surface area contributed by atoms with Crippen molar-refractivity contribution in [1.82, 2.24) is 0 Å². The molecule has 6 rings (SSSR count). The molecular formula is C35H31N2O8S2-. The van der Waals surface area contributed by atoms with E-state index in [4.69, 9.17) is 9.15 Å². The van der Waals surface area contributed by atoms with Gasteiger partial charge in [-0.25, -0.2) is 8.42 Å². The standard InChI is InChI=1S/C35H32N2O8S2/c1-2-25(21-34-36(17-19-46-45-44-38)30-23-28(13-15-32(30)42-34)26-9-5-3-6-10-26)22-35-37(18-20-47(39,40)41)31-24-29(14-16-33(31)43-35)27-11-7-4-8-12-27/h3-16,21-24H,2,17-20H2,1H3,(H-,38,39,40,41)/p-1. The summed E-state index contributed by atoms with van der Waals surface area (Å²) in [6.07, 6.45) is 4.31. The fourth-order valence-electron chi connectivity index (χ4n) is 5.45. The van der Waals surface area contributed by atoms with Crippen molar-refractivity contribution >= 4 is 45.0 Å². The Labute approximate surface area is 276 Å². The molecule has 0 aliphatic carbocycles. The van der Waals surface area contributed by atoms with Gasteiger partial charge in [-0.2, -0.15) is 8.90 Å². The molecule has 0 atom stereocenters. The second-order valence-electron chi connectivity index (χ2n) is 10.7. The van der Waals surface area contributed by atoms with Crippen LogP contribution in [0.1, 0.15) is 19.2 Å². The Morgan fingerprint density at radius 3 is 2.28 bits per heavy atom. The maximum atomic E-state index is 11.7. The minimum absolute atomic E-state index is 0.0776. The Kier molecular flexibility index (Phi) is 10.1. The zero-order valence-corrected chi connectivity index (χ0v) is 27.0. The number of allylic oxidation sites excluding steroid dienone is 2. The van der Waals surface area contributed by atoms with Crippen LogP contribution in [0.15, 0.2) is 119 Å². The molecule has 1 aromatic heterocycles. The number of nitrogens with zero attached hydrogens (tertiary/aromatic N) is 2. The third-order valence-electron chi connectivity index (χ3n) is 7.74. The summed E-state index contributed by atoms with van der Waals surface area (Å²) in [5.74, 6) is 1.43. The summed E-state index contributed by atoms with van der Waals surface area (Å²) in [4.78, 5) is 2.00. The van der Waals surface area contributed by atoms with Crippen LogP contribution >= 0.6 is 12.0 Å². The van der Waals surface area contributed by atoms with Crippen LogP contribution in [0.25, 0.3) is 39.4 Å². The van der Waals surface area contributed by atoms with Gasteiger partial charge in [0, 0.05) is 36.5 Å². The van der Waals surface area contributed by atoms with E-state index in [0.29, 0.717) is 47.3 Å². The maximum absolute atomic E-state index is 11.7. The summed E-state index contributed by atoms with van der Waals surface area (Å²) >= 11 is 0.889. The molecule has 0 amide bonds. The van der Waals surface area contributed by atoms with Crippen LogP contribution in [0.3, 0.4) is 0 Å². The molecule has 0 bridgehead atoms. The predicted molar refractivity (Wildman–Crippen MR) is 177 cm³/mol. The van der Waals surface area contributed by atoms with Crippen LogP contribution in [-0.4, -0.2) is 31.0 Å². The SMILES string of the molecule is CC/C(C=C1Oc2ccc(-c3ccccc3)cc2N1CCSOO[O-])=C\c1oc2ccc(-c3ccccc3)cc2[n+]1CCS(=O)(=O)[O-]. The predicted octanol–water partition coefficient (Wildman–Crippen LogP) is 6.01. The Balaban J connectivity index is 1.39. The first-order chi connectivity index (χ1) is 22.8. The molecule has 0 unspecified atom stereocenters. The largest absolute Gasteiger partial charge is 0.748 e. The number of aromatic nitrogens is 1. The Morgan fingerprint density at radius 2 is 1.62 bits per heavy atom. The summed E-state index contributed by atoms with van der Waals surface area (Å²) in [5.41, 5.74) is 6.90. The molecule has 0 N–H and O–H groups in total. The number of rotatable bonds is 13. The van der Waals surface area contributed by atoms with E-state index in [2.05, 4.69) is 15.4 Å². The lowest BCUT2D eigenvalue weighted by Crippen LogP contribution is -2.38. The van der Waals surface area contributed by atoms with E-state index in [1.165, 1.54) is 0 Å². The van der Waals surface area contributed by atoms with Crippen LogP contribution in [0.4, 0.5) is 5.69 Å². The highest BCUT2D eigenvalue weighted by Gasteiger charge is 2.28. The molecule has 0 spiro atoms. The highest BCUT2D eigenvalue weighted by molar-refractivity contribution is 7.94. The van der Waals surface area contributed by atoms with Gasteiger partial charge >= 0.3 is 5.89 Å². The molecule has 0 saturated carbocycles. The Hall–Kier alpha value is -4.43. The van der Waals surface area contributed by atoms with Crippen molar-refractivity contribution in [3.8, 4) is 28.0 Å². The molecule has 5 aromatic rings. The molecular weight excluding hydrogens is 641 g/mol. The molecule has 10 nitrogen and oxygen atoms in total. The number of hydrogen-bond acceptors (Lipinski definition) is 10. The van der Waals surface area contributed by atoms with Crippen molar-refractivity contribution in [3.05, 3.63) is 120 Å². The Morgan fingerprint density at radius 1 is 0.936 bits per heavy atom. The van der Waals surface area contributed by atoms with Gasteiger partial charge in [0.15, 0.2) is 12.3 Å². The fourth-order valence-corrected chi connectivity index (χ4v) is 6.22. The second-order valence-corrected chi connectivity index (χ2v) is 13.0. The van der Waals surface area contributed by atoms with E-state index in [1.807, 2.05) is 115 Å². The molecule has 1 aliphatic heterocycles. The number of ether oxygens (including phenoxy) is 1. The lowest BCUT2D eigenvalue weighted by molar-refractivity contribution is -0.777. The number of benzene rings is 4. The molecule has 2 heterocycles. The quantitative estimate of drug-likeness (QED) is 0.0367. The van der Waals surface area contributed by atoms with E-state index in [9.17, 15) is 18.2 Å². The summed E-state index contributed by atoms with van der Waals surface area (Å²) in [5, 5.41) is 13.9. The number of hydrogen-bond donors (Lipinski definition) is 0. The van der Waals surface area contributed by atoms with Gasteiger partial charge in [-0.15, -0.1) is 0 Å². The minimum atomic E-state index is -4.49. The molecule has 0 radical (unpaired) electrons. The maximum Gasteiger partial charge on any atom is 0.374 e. The van der Waals surface area contributed by atoms with Crippen LogP contribution < -0.4 is 19.5 Å². The van der Waals surface area contributed by atoms with E-state index in [1.54, 1.807) is 4.57 Å². The number of fused-ring (bicyclic) bond motifs is 2. The van der Waals surface area contributed by atoms with Gasteiger partial charge in [0.1, 0.15) is 10.1 Å². The highest BCUT2D eigenvalue weighted by atomic mass is 32.2. The third-order valence-corrected chi connectivity index (χ3v) is 8.92. The van der Waals surface area contributed by atoms with Gasteiger partial charge in [-0.1, -0.05) is 79.7 Å². The average molecular weight is 672 g/mol. The van der Waals surface area contributed by atoms with E-state index in [-0.39, 0.29) is 6.54 Å². The van der Waals surface area contributed by atoms with Gasteiger partial charge in [-0.05, 0) is 52.4 Å². The van der Waals surface area contributed by atoms with Gasteiger partial charge in [0.25, 0.3) is 5.52 Å². The van der Waals surface area contributed by atoms with Crippen LogP contribution in [0.5, 0.6) is 5.75 Å². The molecule has 12 heteroatoms. The van der Waals surface area contributed by atoms with Gasteiger partial charge in [0.05, 0.1) is 17.5 Å². The van der Waals surface area contributed by atoms with Crippen LogP contribution in [0, 0.1) is 0 Å².